The second kappa shape index (κ2) is 7.49. The number of rotatable bonds is 5. The molecule has 3 rings (SSSR count). The first-order valence-corrected chi connectivity index (χ1v) is 8.85. The maximum atomic E-state index is 9.33. The van der Waals surface area contributed by atoms with Crippen molar-refractivity contribution in [1.29, 1.82) is 5.26 Å². The van der Waals surface area contributed by atoms with E-state index >= 15 is 0 Å². The molecule has 1 aromatic heterocycles. The Bertz CT molecular complexity index is 701. The summed E-state index contributed by atoms with van der Waals surface area (Å²) in [5, 5.41) is 12.2. The first-order valence-electron chi connectivity index (χ1n) is 7.97. The molecule has 1 fully saturated rings. The highest BCUT2D eigenvalue weighted by atomic mass is 32.1. The van der Waals surface area contributed by atoms with Crippen LogP contribution in [0.4, 0.5) is 0 Å². The number of nitriles is 1. The van der Waals surface area contributed by atoms with Gasteiger partial charge in [-0.15, -0.1) is 11.3 Å². The average Bonchev–Trinajstić information content (AvgIpc) is 3.19. The van der Waals surface area contributed by atoms with Crippen LogP contribution in [0.3, 0.4) is 0 Å². The van der Waals surface area contributed by atoms with E-state index in [1.807, 2.05) is 12.3 Å². The highest BCUT2D eigenvalue weighted by Crippen LogP contribution is 2.18. The Labute approximate surface area is 141 Å². The lowest BCUT2D eigenvalue weighted by atomic mass is 10.2. The molecule has 1 aliphatic heterocycles. The van der Waals surface area contributed by atoms with Gasteiger partial charge in [0.1, 0.15) is 30.1 Å². The summed E-state index contributed by atoms with van der Waals surface area (Å²) < 4.78 is 0. The Morgan fingerprint density at radius 2 is 2.30 bits per heavy atom. The monoisotopic (exact) mass is 325 g/mol. The van der Waals surface area contributed by atoms with Crippen molar-refractivity contribution in [3.63, 3.8) is 0 Å². The molecule has 1 aromatic carbocycles. The highest BCUT2D eigenvalue weighted by molar-refractivity contribution is 7.09. The van der Waals surface area contributed by atoms with Gasteiger partial charge in [0, 0.05) is 29.3 Å². The van der Waals surface area contributed by atoms with E-state index in [1.165, 1.54) is 16.9 Å². The van der Waals surface area contributed by atoms with Crippen molar-refractivity contribution in [2.24, 2.45) is 4.99 Å². The minimum Gasteiger partial charge on any atom is -0.329 e. The SMILES string of the molecule is Cc1csc([C@H](C#N)C=N[C@@H]2CC[NH+](Cc3ccccc3)C2)n1. The van der Waals surface area contributed by atoms with Crippen LogP contribution < -0.4 is 4.90 Å². The van der Waals surface area contributed by atoms with Crippen molar-refractivity contribution < 1.29 is 4.90 Å². The van der Waals surface area contributed by atoms with E-state index in [0.717, 1.165) is 36.8 Å². The first kappa shape index (κ1) is 15.9. The molecule has 4 nitrogen and oxygen atoms in total. The fraction of sp³-hybridized carbons (Fsp3) is 0.389. The van der Waals surface area contributed by atoms with Gasteiger partial charge in [0.25, 0.3) is 0 Å². The van der Waals surface area contributed by atoms with Gasteiger partial charge in [0.05, 0.1) is 12.6 Å². The third-order valence-electron chi connectivity index (χ3n) is 4.14. The molecule has 0 aliphatic carbocycles. The largest absolute Gasteiger partial charge is 0.329 e. The third kappa shape index (κ3) is 4.25. The summed E-state index contributed by atoms with van der Waals surface area (Å²) >= 11 is 1.54. The molecule has 0 bridgehead atoms. The lowest BCUT2D eigenvalue weighted by molar-refractivity contribution is -0.901. The highest BCUT2D eigenvalue weighted by Gasteiger charge is 2.25. The van der Waals surface area contributed by atoms with Crippen LogP contribution in [0.2, 0.25) is 0 Å². The summed E-state index contributed by atoms with van der Waals surface area (Å²) in [5.41, 5.74) is 2.35. The number of hydrogen-bond acceptors (Lipinski definition) is 4. The summed E-state index contributed by atoms with van der Waals surface area (Å²) in [4.78, 5) is 10.6. The quantitative estimate of drug-likeness (QED) is 0.855. The average molecular weight is 325 g/mol. The van der Waals surface area contributed by atoms with E-state index in [2.05, 4.69) is 46.4 Å². The maximum Gasteiger partial charge on any atom is 0.133 e. The van der Waals surface area contributed by atoms with Crippen molar-refractivity contribution in [2.75, 3.05) is 13.1 Å². The van der Waals surface area contributed by atoms with Crippen LogP contribution in [0.25, 0.3) is 0 Å². The molecule has 118 valence electrons. The molecule has 3 atom stereocenters. The zero-order chi connectivity index (χ0) is 16.1. The normalized spacial score (nSPS) is 22.3. The number of benzene rings is 1. The number of aryl methyl sites for hydroxylation is 1. The number of thiazole rings is 1. The molecule has 1 saturated heterocycles. The minimum atomic E-state index is -0.313. The zero-order valence-corrected chi connectivity index (χ0v) is 14.1. The van der Waals surface area contributed by atoms with Crippen LogP contribution in [-0.2, 0) is 6.54 Å². The molecule has 2 heterocycles. The fourth-order valence-electron chi connectivity index (χ4n) is 2.96. The van der Waals surface area contributed by atoms with Gasteiger partial charge in [0.2, 0.25) is 0 Å². The number of quaternary nitrogens is 1. The van der Waals surface area contributed by atoms with E-state index < -0.39 is 0 Å². The molecular weight excluding hydrogens is 304 g/mol. The van der Waals surface area contributed by atoms with Gasteiger partial charge in [-0.1, -0.05) is 30.3 Å². The molecule has 0 spiro atoms. The Morgan fingerprint density at radius 3 is 3.00 bits per heavy atom. The van der Waals surface area contributed by atoms with E-state index in [1.54, 1.807) is 11.1 Å². The van der Waals surface area contributed by atoms with Crippen LogP contribution in [0, 0.1) is 18.3 Å². The number of nitrogens with zero attached hydrogens (tertiary/aromatic N) is 3. The lowest BCUT2D eigenvalue weighted by Crippen LogP contribution is -3.09. The van der Waals surface area contributed by atoms with Gasteiger partial charge < -0.3 is 4.90 Å². The Hall–Kier alpha value is -2.03. The summed E-state index contributed by atoms with van der Waals surface area (Å²) in [5.74, 6) is -0.313. The van der Waals surface area contributed by atoms with Crippen molar-refractivity contribution >= 4 is 17.6 Å². The number of aromatic nitrogens is 1. The summed E-state index contributed by atoms with van der Waals surface area (Å²) in [6.07, 6.45) is 2.89. The molecule has 1 aliphatic rings. The van der Waals surface area contributed by atoms with E-state index in [4.69, 9.17) is 0 Å². The van der Waals surface area contributed by atoms with E-state index in [0.29, 0.717) is 6.04 Å². The Kier molecular flexibility index (Phi) is 5.16. The van der Waals surface area contributed by atoms with Crippen molar-refractivity contribution in [3.8, 4) is 6.07 Å². The fourth-order valence-corrected chi connectivity index (χ4v) is 3.76. The maximum absolute atomic E-state index is 9.33. The van der Waals surface area contributed by atoms with Gasteiger partial charge >= 0.3 is 0 Å². The van der Waals surface area contributed by atoms with Gasteiger partial charge in [-0.2, -0.15) is 5.26 Å². The Balaban J connectivity index is 1.56. The molecule has 23 heavy (non-hydrogen) atoms. The topological polar surface area (TPSA) is 53.5 Å². The second-order valence-electron chi connectivity index (χ2n) is 6.04. The van der Waals surface area contributed by atoms with Gasteiger partial charge in [-0.25, -0.2) is 4.98 Å². The predicted octanol–water partition coefficient (Wildman–Crippen LogP) is 1.99. The van der Waals surface area contributed by atoms with Crippen molar-refractivity contribution in [1.82, 2.24) is 4.98 Å². The van der Waals surface area contributed by atoms with Crippen LogP contribution in [0.15, 0.2) is 40.7 Å². The summed E-state index contributed by atoms with van der Waals surface area (Å²) in [6, 6.07) is 13.2. The minimum absolute atomic E-state index is 0.313. The molecule has 0 radical (unpaired) electrons. The van der Waals surface area contributed by atoms with E-state index in [-0.39, 0.29) is 5.92 Å². The molecule has 0 saturated carbocycles. The summed E-state index contributed by atoms with van der Waals surface area (Å²) in [6.45, 7) is 5.19. The standard InChI is InChI=1S/C18H20N4S/c1-14-13-23-18(21-14)16(9-19)10-20-17-7-8-22(12-17)11-15-5-3-2-4-6-15/h2-6,10,13,16-17H,7-8,11-12H2,1H3/p+1/t16-,17-/m1/s1. The second-order valence-corrected chi connectivity index (χ2v) is 6.93. The van der Waals surface area contributed by atoms with E-state index in [9.17, 15) is 5.26 Å². The van der Waals surface area contributed by atoms with Gasteiger partial charge in [0.15, 0.2) is 0 Å². The molecule has 1 N–H and O–H groups in total. The molecular formula is C18H21N4S+. The predicted molar refractivity (Wildman–Crippen MR) is 92.9 cm³/mol. The third-order valence-corrected chi connectivity index (χ3v) is 5.19. The summed E-state index contributed by atoms with van der Waals surface area (Å²) in [7, 11) is 0. The molecule has 2 aromatic rings. The van der Waals surface area contributed by atoms with Crippen molar-refractivity contribution in [2.45, 2.75) is 31.8 Å². The van der Waals surface area contributed by atoms with Gasteiger partial charge in [-0.3, -0.25) is 4.99 Å². The van der Waals surface area contributed by atoms with Crippen LogP contribution in [0.1, 0.15) is 28.6 Å². The molecule has 0 amide bonds. The Morgan fingerprint density at radius 1 is 1.48 bits per heavy atom. The van der Waals surface area contributed by atoms with Crippen LogP contribution >= 0.6 is 11.3 Å². The smallest absolute Gasteiger partial charge is 0.133 e. The number of nitrogens with one attached hydrogen (secondary N) is 1. The van der Waals surface area contributed by atoms with Crippen LogP contribution in [0.5, 0.6) is 0 Å². The van der Waals surface area contributed by atoms with Gasteiger partial charge in [-0.05, 0) is 6.92 Å². The lowest BCUT2D eigenvalue weighted by Gasteiger charge is -2.12. The van der Waals surface area contributed by atoms with Crippen molar-refractivity contribution in [3.05, 3.63) is 52.0 Å². The molecule has 5 heteroatoms. The first-order chi connectivity index (χ1) is 11.2. The molecule has 1 unspecified atom stereocenters. The number of likely N-dealkylation sites (tertiary alicyclic amines) is 1. The number of aliphatic imine (C=N–C) groups is 1. The zero-order valence-electron chi connectivity index (χ0n) is 13.3. The number of hydrogen-bond donors (Lipinski definition) is 1. The van der Waals surface area contributed by atoms with Crippen LogP contribution in [-0.4, -0.2) is 30.3 Å².